The van der Waals surface area contributed by atoms with E-state index in [-0.39, 0.29) is 11.7 Å². The number of imidazole rings is 1. The van der Waals surface area contributed by atoms with Crippen LogP contribution in [0, 0.1) is 11.3 Å². The molecule has 0 radical (unpaired) electrons. The zero-order valence-electron chi connectivity index (χ0n) is 18.6. The molecule has 1 saturated carbocycles. The lowest BCUT2D eigenvalue weighted by Crippen LogP contribution is -2.50. The van der Waals surface area contributed by atoms with Gasteiger partial charge in [0.25, 0.3) is 0 Å². The van der Waals surface area contributed by atoms with Crippen LogP contribution in [0.25, 0.3) is 16.7 Å². The van der Waals surface area contributed by atoms with Crippen molar-refractivity contribution in [3.8, 4) is 17.5 Å². The van der Waals surface area contributed by atoms with Gasteiger partial charge in [0, 0.05) is 12.7 Å². The summed E-state index contributed by atoms with van der Waals surface area (Å²) in [5, 5.41) is 10.6. The number of amides is 1. The van der Waals surface area contributed by atoms with Crippen LogP contribution in [0.15, 0.2) is 53.7 Å². The van der Waals surface area contributed by atoms with Crippen molar-refractivity contribution in [3.05, 3.63) is 48.5 Å². The minimum absolute atomic E-state index is 0.0382. The first-order valence-corrected chi connectivity index (χ1v) is 12.1. The first-order chi connectivity index (χ1) is 15.6. The molecular weight excluding hydrogens is 420 g/mol. The van der Waals surface area contributed by atoms with Crippen LogP contribution in [-0.2, 0) is 4.79 Å². The van der Waals surface area contributed by atoms with Gasteiger partial charge in [0.15, 0.2) is 5.16 Å². The second kappa shape index (κ2) is 9.66. The molecule has 0 N–H and O–H groups in total. The molecule has 4 rings (SSSR count). The number of aromatic nitrogens is 2. The van der Waals surface area contributed by atoms with Gasteiger partial charge in [0.1, 0.15) is 11.3 Å². The summed E-state index contributed by atoms with van der Waals surface area (Å²) in [7, 11) is 1.77. The third-order valence-corrected chi connectivity index (χ3v) is 7.09. The number of nitrogens with zero attached hydrogens (tertiary/aromatic N) is 4. The highest BCUT2D eigenvalue weighted by molar-refractivity contribution is 7.99. The molecule has 6 nitrogen and oxygen atoms in total. The fourth-order valence-corrected chi connectivity index (χ4v) is 5.27. The van der Waals surface area contributed by atoms with Crippen LogP contribution < -0.4 is 4.74 Å². The number of rotatable bonds is 7. The van der Waals surface area contributed by atoms with Gasteiger partial charge in [-0.1, -0.05) is 43.2 Å². The predicted molar refractivity (Wildman–Crippen MR) is 127 cm³/mol. The smallest absolute Gasteiger partial charge is 0.234 e. The number of benzene rings is 2. The van der Waals surface area contributed by atoms with E-state index in [0.717, 1.165) is 59.7 Å². The van der Waals surface area contributed by atoms with E-state index < -0.39 is 5.54 Å². The Hall–Kier alpha value is -2.98. The van der Waals surface area contributed by atoms with Crippen molar-refractivity contribution in [2.24, 2.45) is 0 Å². The molecule has 2 aromatic carbocycles. The Morgan fingerprint density at radius 3 is 2.59 bits per heavy atom. The Labute approximate surface area is 193 Å². The van der Waals surface area contributed by atoms with Crippen LogP contribution in [0.1, 0.15) is 39.0 Å². The maximum Gasteiger partial charge on any atom is 0.234 e. The number of carbonyl (C=O) groups is 1. The molecule has 0 unspecified atom stereocenters. The van der Waals surface area contributed by atoms with Crippen molar-refractivity contribution >= 4 is 28.7 Å². The quantitative estimate of drug-likeness (QED) is 0.465. The van der Waals surface area contributed by atoms with Gasteiger partial charge in [0.05, 0.1) is 29.5 Å². The van der Waals surface area contributed by atoms with Crippen molar-refractivity contribution in [2.75, 3.05) is 19.4 Å². The monoisotopic (exact) mass is 448 g/mol. The van der Waals surface area contributed by atoms with Crippen molar-refractivity contribution in [1.29, 1.82) is 5.26 Å². The third-order valence-electron chi connectivity index (χ3n) is 6.17. The highest BCUT2D eigenvalue weighted by Gasteiger charge is 2.38. The summed E-state index contributed by atoms with van der Waals surface area (Å²) < 4.78 is 7.65. The van der Waals surface area contributed by atoms with Gasteiger partial charge in [-0.25, -0.2) is 4.98 Å². The molecule has 1 aromatic heterocycles. The van der Waals surface area contributed by atoms with Crippen LogP contribution >= 0.6 is 11.8 Å². The molecule has 1 aliphatic rings. The standard InChI is InChI=1S/C25H28N4O2S/c1-3-31-20-13-11-19(12-14-20)29-22-10-6-5-9-21(22)27-24(29)32-17-23(30)28(2)25(18-26)15-7-4-8-16-25/h5-6,9-14H,3-4,7-8,15-17H2,1-2H3. The summed E-state index contributed by atoms with van der Waals surface area (Å²) in [6, 6.07) is 18.3. The van der Waals surface area contributed by atoms with E-state index in [9.17, 15) is 10.1 Å². The van der Waals surface area contributed by atoms with Crippen molar-refractivity contribution < 1.29 is 9.53 Å². The van der Waals surface area contributed by atoms with Crippen molar-refractivity contribution in [2.45, 2.75) is 49.7 Å². The van der Waals surface area contributed by atoms with Gasteiger partial charge in [-0.15, -0.1) is 0 Å². The topological polar surface area (TPSA) is 71.2 Å². The normalized spacial score (nSPS) is 15.3. The highest BCUT2D eigenvalue weighted by atomic mass is 32.2. The summed E-state index contributed by atoms with van der Waals surface area (Å²) in [5.74, 6) is 1.02. The number of hydrogen-bond donors (Lipinski definition) is 0. The number of hydrogen-bond acceptors (Lipinski definition) is 5. The number of ether oxygens (including phenoxy) is 1. The molecule has 0 spiro atoms. The number of nitriles is 1. The molecule has 32 heavy (non-hydrogen) atoms. The molecule has 3 aromatic rings. The summed E-state index contributed by atoms with van der Waals surface area (Å²) in [6.45, 7) is 2.58. The van der Waals surface area contributed by atoms with E-state index in [4.69, 9.17) is 9.72 Å². The van der Waals surface area contributed by atoms with E-state index in [2.05, 4.69) is 10.6 Å². The van der Waals surface area contributed by atoms with Crippen LogP contribution in [0.2, 0.25) is 0 Å². The van der Waals surface area contributed by atoms with Gasteiger partial charge in [0.2, 0.25) is 5.91 Å². The number of para-hydroxylation sites is 2. The Morgan fingerprint density at radius 2 is 1.91 bits per heavy atom. The number of thioether (sulfide) groups is 1. The molecular formula is C25H28N4O2S. The fourth-order valence-electron chi connectivity index (χ4n) is 4.33. The number of fused-ring (bicyclic) bond motifs is 1. The molecule has 1 heterocycles. The largest absolute Gasteiger partial charge is 0.494 e. The summed E-state index contributed by atoms with van der Waals surface area (Å²) in [4.78, 5) is 19.5. The molecule has 0 bridgehead atoms. The van der Waals surface area contributed by atoms with E-state index in [1.165, 1.54) is 11.8 Å². The predicted octanol–water partition coefficient (Wildman–Crippen LogP) is 5.20. The molecule has 0 atom stereocenters. The second-order valence-electron chi connectivity index (χ2n) is 8.09. The van der Waals surface area contributed by atoms with Gasteiger partial charge in [-0.2, -0.15) is 5.26 Å². The summed E-state index contributed by atoms with van der Waals surface area (Å²) in [6.07, 6.45) is 4.62. The minimum Gasteiger partial charge on any atom is -0.494 e. The average molecular weight is 449 g/mol. The Kier molecular flexibility index (Phi) is 6.71. The highest BCUT2D eigenvalue weighted by Crippen LogP contribution is 2.34. The van der Waals surface area contributed by atoms with E-state index in [1.807, 2.05) is 55.5 Å². The Morgan fingerprint density at radius 1 is 1.19 bits per heavy atom. The minimum atomic E-state index is -0.675. The first-order valence-electron chi connectivity index (χ1n) is 11.1. The third kappa shape index (κ3) is 4.33. The van der Waals surface area contributed by atoms with E-state index in [0.29, 0.717) is 6.61 Å². The van der Waals surface area contributed by atoms with Crippen molar-refractivity contribution in [3.63, 3.8) is 0 Å². The van der Waals surface area contributed by atoms with E-state index in [1.54, 1.807) is 11.9 Å². The van der Waals surface area contributed by atoms with Gasteiger partial charge < -0.3 is 9.64 Å². The lowest BCUT2D eigenvalue weighted by atomic mass is 9.81. The maximum absolute atomic E-state index is 13.1. The van der Waals surface area contributed by atoms with Crippen LogP contribution in [0.5, 0.6) is 5.75 Å². The zero-order chi connectivity index (χ0) is 22.6. The van der Waals surface area contributed by atoms with Crippen LogP contribution in [0.4, 0.5) is 0 Å². The molecule has 166 valence electrons. The lowest BCUT2D eigenvalue weighted by Gasteiger charge is -2.39. The summed E-state index contributed by atoms with van der Waals surface area (Å²) >= 11 is 1.41. The molecule has 7 heteroatoms. The lowest BCUT2D eigenvalue weighted by molar-refractivity contribution is -0.131. The average Bonchev–Trinajstić information content (AvgIpc) is 3.21. The van der Waals surface area contributed by atoms with Crippen LogP contribution in [-0.4, -0.2) is 45.3 Å². The first kappa shape index (κ1) is 22.2. The van der Waals surface area contributed by atoms with E-state index >= 15 is 0 Å². The molecule has 0 aliphatic heterocycles. The van der Waals surface area contributed by atoms with Gasteiger partial charge >= 0.3 is 0 Å². The van der Waals surface area contributed by atoms with Gasteiger partial charge in [-0.3, -0.25) is 9.36 Å². The Bertz CT molecular complexity index is 1130. The van der Waals surface area contributed by atoms with Crippen molar-refractivity contribution in [1.82, 2.24) is 14.5 Å². The van der Waals surface area contributed by atoms with Crippen LogP contribution in [0.3, 0.4) is 0 Å². The summed E-state index contributed by atoms with van der Waals surface area (Å²) in [5.41, 5.74) is 2.16. The number of carbonyl (C=O) groups excluding carboxylic acids is 1. The Balaban J connectivity index is 1.59. The van der Waals surface area contributed by atoms with Gasteiger partial charge in [-0.05, 0) is 56.2 Å². The fraction of sp³-hybridized carbons (Fsp3) is 0.400. The zero-order valence-corrected chi connectivity index (χ0v) is 19.4. The second-order valence-corrected chi connectivity index (χ2v) is 9.03. The molecule has 1 amide bonds. The maximum atomic E-state index is 13.1. The SMILES string of the molecule is CCOc1ccc(-n2c(SCC(=O)N(C)C3(C#N)CCCCC3)nc3ccccc32)cc1. The molecule has 1 aliphatic carbocycles. The molecule has 0 saturated heterocycles. The molecule has 1 fully saturated rings.